The molecule has 1 amide bonds. The van der Waals surface area contributed by atoms with Crippen LogP contribution in [0.15, 0.2) is 48.5 Å². The maximum absolute atomic E-state index is 12.7. The number of piperidine rings is 1. The summed E-state index contributed by atoms with van der Waals surface area (Å²) in [4.78, 5) is 15.0. The molecule has 0 spiro atoms. The maximum Gasteiger partial charge on any atom is 0.227 e. The van der Waals surface area contributed by atoms with Gasteiger partial charge in [-0.3, -0.25) is 4.79 Å². The van der Waals surface area contributed by atoms with Gasteiger partial charge in [-0.1, -0.05) is 24.3 Å². The van der Waals surface area contributed by atoms with Crippen molar-refractivity contribution in [2.45, 2.75) is 19.3 Å². The molecule has 0 aromatic heterocycles. The lowest BCUT2D eigenvalue weighted by Gasteiger charge is -2.33. The predicted molar refractivity (Wildman–Crippen MR) is 98.6 cm³/mol. The Labute approximate surface area is 142 Å². The van der Waals surface area contributed by atoms with Crippen LogP contribution >= 0.6 is 0 Å². The second-order valence-corrected chi connectivity index (χ2v) is 6.59. The molecule has 2 aromatic carbocycles. The fourth-order valence-electron chi connectivity index (χ4n) is 3.73. The van der Waals surface area contributed by atoms with Gasteiger partial charge in [-0.25, -0.2) is 0 Å². The number of nitrogens with zero attached hydrogens (tertiary/aromatic N) is 1. The van der Waals surface area contributed by atoms with Crippen molar-refractivity contribution in [3.63, 3.8) is 0 Å². The van der Waals surface area contributed by atoms with E-state index in [1.807, 2.05) is 18.2 Å². The molecule has 4 nitrogen and oxygen atoms in total. The Kier molecular flexibility index (Phi) is 4.11. The zero-order chi connectivity index (χ0) is 16.4. The van der Waals surface area contributed by atoms with Crippen LogP contribution < -0.4 is 15.5 Å². The highest BCUT2D eigenvalue weighted by Crippen LogP contribution is 2.30. The van der Waals surface area contributed by atoms with Gasteiger partial charge in [0, 0.05) is 48.2 Å². The van der Waals surface area contributed by atoms with Gasteiger partial charge in [0.15, 0.2) is 0 Å². The van der Waals surface area contributed by atoms with E-state index in [1.54, 1.807) is 0 Å². The van der Waals surface area contributed by atoms with Gasteiger partial charge in [-0.15, -0.1) is 0 Å². The molecule has 2 aromatic rings. The number of rotatable bonds is 3. The van der Waals surface area contributed by atoms with Crippen molar-refractivity contribution in [1.29, 1.82) is 0 Å². The Morgan fingerprint density at radius 3 is 2.62 bits per heavy atom. The van der Waals surface area contributed by atoms with Crippen molar-refractivity contribution in [3.8, 4) is 0 Å². The van der Waals surface area contributed by atoms with Crippen LogP contribution in [-0.2, 0) is 11.2 Å². The van der Waals surface area contributed by atoms with Gasteiger partial charge >= 0.3 is 0 Å². The molecule has 0 bridgehead atoms. The molecule has 0 unspecified atom stereocenters. The van der Waals surface area contributed by atoms with Crippen LogP contribution in [0, 0.1) is 5.92 Å². The van der Waals surface area contributed by atoms with Crippen LogP contribution in [0.4, 0.5) is 17.1 Å². The molecule has 2 aliphatic rings. The van der Waals surface area contributed by atoms with E-state index in [9.17, 15) is 4.79 Å². The SMILES string of the molecule is O=C(Nc1cccc2c1CCN2)C1CCN(c2ccccc2)CC1. The number of hydrogen-bond acceptors (Lipinski definition) is 3. The van der Waals surface area contributed by atoms with Gasteiger partial charge < -0.3 is 15.5 Å². The van der Waals surface area contributed by atoms with Crippen molar-refractivity contribution in [2.75, 3.05) is 35.2 Å². The summed E-state index contributed by atoms with van der Waals surface area (Å²) in [5.74, 6) is 0.276. The number of anilines is 3. The summed E-state index contributed by atoms with van der Waals surface area (Å²) in [6.45, 7) is 2.84. The van der Waals surface area contributed by atoms with E-state index in [0.717, 1.165) is 50.3 Å². The third-order valence-corrected chi connectivity index (χ3v) is 5.11. The minimum absolute atomic E-state index is 0.107. The normalized spacial score (nSPS) is 17.2. The van der Waals surface area contributed by atoms with Gasteiger partial charge in [0.25, 0.3) is 0 Å². The number of carbonyl (C=O) groups is 1. The molecular weight excluding hydrogens is 298 g/mol. The Morgan fingerprint density at radius 2 is 1.83 bits per heavy atom. The minimum Gasteiger partial charge on any atom is -0.384 e. The Bertz CT molecular complexity index is 721. The van der Waals surface area contributed by atoms with Crippen LogP contribution in [-0.4, -0.2) is 25.5 Å². The van der Waals surface area contributed by atoms with Crippen molar-refractivity contribution >= 4 is 23.0 Å². The fraction of sp³-hybridized carbons (Fsp3) is 0.350. The van der Waals surface area contributed by atoms with E-state index >= 15 is 0 Å². The molecule has 1 fully saturated rings. The molecule has 24 heavy (non-hydrogen) atoms. The van der Waals surface area contributed by atoms with Gasteiger partial charge in [-0.05, 0) is 43.5 Å². The van der Waals surface area contributed by atoms with E-state index in [0.29, 0.717) is 0 Å². The quantitative estimate of drug-likeness (QED) is 0.909. The molecule has 4 heteroatoms. The average Bonchev–Trinajstić information content (AvgIpc) is 3.12. The fourth-order valence-corrected chi connectivity index (χ4v) is 3.73. The van der Waals surface area contributed by atoms with Crippen LogP contribution in [0.25, 0.3) is 0 Å². The Morgan fingerprint density at radius 1 is 1.04 bits per heavy atom. The molecule has 0 atom stereocenters. The summed E-state index contributed by atoms with van der Waals surface area (Å²) < 4.78 is 0. The van der Waals surface area contributed by atoms with Crippen molar-refractivity contribution < 1.29 is 4.79 Å². The van der Waals surface area contributed by atoms with Crippen molar-refractivity contribution in [3.05, 3.63) is 54.1 Å². The van der Waals surface area contributed by atoms with Crippen molar-refractivity contribution in [2.24, 2.45) is 5.92 Å². The van der Waals surface area contributed by atoms with Crippen LogP contribution in [0.2, 0.25) is 0 Å². The van der Waals surface area contributed by atoms with E-state index in [1.165, 1.54) is 11.3 Å². The molecule has 0 radical (unpaired) electrons. The summed E-state index contributed by atoms with van der Waals surface area (Å²) in [5.41, 5.74) is 4.63. The summed E-state index contributed by atoms with van der Waals surface area (Å²) >= 11 is 0. The second-order valence-electron chi connectivity index (χ2n) is 6.59. The van der Waals surface area contributed by atoms with Crippen LogP contribution in [0.5, 0.6) is 0 Å². The number of carbonyl (C=O) groups excluding carboxylic acids is 1. The zero-order valence-corrected chi connectivity index (χ0v) is 13.8. The number of hydrogen-bond donors (Lipinski definition) is 2. The minimum atomic E-state index is 0.107. The summed E-state index contributed by atoms with van der Waals surface area (Å²) in [5, 5.41) is 6.53. The lowest BCUT2D eigenvalue weighted by atomic mass is 9.95. The molecule has 0 aliphatic carbocycles. The lowest BCUT2D eigenvalue weighted by molar-refractivity contribution is -0.120. The smallest absolute Gasteiger partial charge is 0.227 e. The molecule has 124 valence electrons. The summed E-state index contributed by atoms with van der Waals surface area (Å²) in [6.07, 6.45) is 2.81. The van der Waals surface area contributed by atoms with Gasteiger partial charge in [0.2, 0.25) is 5.91 Å². The number of fused-ring (bicyclic) bond motifs is 1. The van der Waals surface area contributed by atoms with E-state index in [4.69, 9.17) is 0 Å². The zero-order valence-electron chi connectivity index (χ0n) is 13.8. The number of amides is 1. The molecule has 4 rings (SSSR count). The topological polar surface area (TPSA) is 44.4 Å². The predicted octanol–water partition coefficient (Wildman–Crippen LogP) is 3.51. The molecule has 1 saturated heterocycles. The highest BCUT2D eigenvalue weighted by atomic mass is 16.1. The van der Waals surface area contributed by atoms with Crippen molar-refractivity contribution in [1.82, 2.24) is 0 Å². The van der Waals surface area contributed by atoms with E-state index < -0.39 is 0 Å². The Balaban J connectivity index is 1.38. The lowest BCUT2D eigenvalue weighted by Crippen LogP contribution is -2.38. The maximum atomic E-state index is 12.7. The van der Waals surface area contributed by atoms with Gasteiger partial charge in [0.1, 0.15) is 0 Å². The van der Waals surface area contributed by atoms with Crippen LogP contribution in [0.1, 0.15) is 18.4 Å². The number of para-hydroxylation sites is 1. The molecule has 0 saturated carbocycles. The van der Waals surface area contributed by atoms with E-state index in [2.05, 4.69) is 45.9 Å². The Hall–Kier alpha value is -2.49. The largest absolute Gasteiger partial charge is 0.384 e. The average molecular weight is 321 g/mol. The van der Waals surface area contributed by atoms with Gasteiger partial charge in [0.05, 0.1) is 0 Å². The van der Waals surface area contributed by atoms with Crippen LogP contribution in [0.3, 0.4) is 0 Å². The standard InChI is InChI=1S/C20H23N3O/c24-20(22-19-8-4-7-18-17(19)9-12-21-18)15-10-13-23(14-11-15)16-5-2-1-3-6-16/h1-8,15,21H,9-14H2,(H,22,24). The highest BCUT2D eigenvalue weighted by molar-refractivity contribution is 5.94. The molecule has 2 heterocycles. The number of nitrogens with one attached hydrogen (secondary N) is 2. The molecule has 2 aliphatic heterocycles. The summed E-state index contributed by atoms with van der Waals surface area (Å²) in [7, 11) is 0. The third-order valence-electron chi connectivity index (χ3n) is 5.11. The molecular formula is C20H23N3O. The first-order chi connectivity index (χ1) is 11.8. The third kappa shape index (κ3) is 2.96. The first-order valence-electron chi connectivity index (χ1n) is 8.78. The van der Waals surface area contributed by atoms with Gasteiger partial charge in [-0.2, -0.15) is 0 Å². The first-order valence-corrected chi connectivity index (χ1v) is 8.78. The summed E-state index contributed by atoms with van der Waals surface area (Å²) in [6, 6.07) is 16.6. The second kappa shape index (κ2) is 6.56. The van der Waals surface area contributed by atoms with E-state index in [-0.39, 0.29) is 11.8 Å². The molecule has 2 N–H and O–H groups in total. The first kappa shape index (κ1) is 15.1. The monoisotopic (exact) mass is 321 g/mol. The number of benzene rings is 2. The highest BCUT2D eigenvalue weighted by Gasteiger charge is 2.26.